The van der Waals surface area contributed by atoms with Crippen molar-refractivity contribution in [3.8, 4) is 0 Å². The normalized spacial score (nSPS) is 19.5. The monoisotopic (exact) mass is 346 g/mol. The van der Waals surface area contributed by atoms with Crippen LogP contribution in [0.3, 0.4) is 0 Å². The highest BCUT2D eigenvalue weighted by atomic mass is 32.2. The molecule has 8 heteroatoms. The van der Waals surface area contributed by atoms with Crippen molar-refractivity contribution in [1.29, 1.82) is 0 Å². The minimum absolute atomic E-state index is 0.00655. The van der Waals surface area contributed by atoms with E-state index in [9.17, 15) is 22.0 Å². The Hall–Kier alpha value is -1.70. The number of sulfone groups is 1. The van der Waals surface area contributed by atoms with Crippen LogP contribution in [0.5, 0.6) is 0 Å². The Bertz CT molecular complexity index is 679. The molecule has 1 fully saturated rings. The number of nitrogens with one attached hydrogen (secondary N) is 1. The van der Waals surface area contributed by atoms with Crippen molar-refractivity contribution in [3.63, 3.8) is 0 Å². The fourth-order valence-corrected chi connectivity index (χ4v) is 4.47. The van der Waals surface area contributed by atoms with Crippen LogP contribution in [-0.2, 0) is 14.6 Å². The molecule has 0 aliphatic carbocycles. The van der Waals surface area contributed by atoms with E-state index in [4.69, 9.17) is 0 Å². The van der Waals surface area contributed by atoms with Crippen molar-refractivity contribution in [3.05, 3.63) is 29.8 Å². The van der Waals surface area contributed by atoms with Gasteiger partial charge in [0.25, 0.3) is 0 Å². The van der Waals surface area contributed by atoms with Gasteiger partial charge in [-0.25, -0.2) is 17.2 Å². The third-order valence-electron chi connectivity index (χ3n) is 3.90. The van der Waals surface area contributed by atoms with E-state index in [0.29, 0.717) is 13.0 Å². The van der Waals surface area contributed by atoms with Gasteiger partial charge in [0.05, 0.1) is 17.2 Å². The number of amides is 1. The second-order valence-electron chi connectivity index (χ2n) is 5.54. The Morgan fingerprint density at radius 3 is 2.70 bits per heavy atom. The van der Waals surface area contributed by atoms with Gasteiger partial charge in [0.1, 0.15) is 11.6 Å². The molecule has 23 heavy (non-hydrogen) atoms. The molecule has 1 aliphatic heterocycles. The average molecular weight is 346 g/mol. The van der Waals surface area contributed by atoms with Crippen molar-refractivity contribution in [2.45, 2.75) is 25.8 Å². The van der Waals surface area contributed by atoms with Gasteiger partial charge in [-0.15, -0.1) is 0 Å². The molecule has 0 bridgehead atoms. The summed E-state index contributed by atoms with van der Waals surface area (Å²) in [4.78, 5) is 13.8. The lowest BCUT2D eigenvalue weighted by Crippen LogP contribution is -2.41. The number of hydrogen-bond donors (Lipinski definition) is 1. The summed E-state index contributed by atoms with van der Waals surface area (Å²) in [5.41, 5.74) is 0.130. The molecule has 1 aromatic rings. The van der Waals surface area contributed by atoms with Gasteiger partial charge in [0.2, 0.25) is 5.91 Å². The van der Waals surface area contributed by atoms with Gasteiger partial charge in [-0.1, -0.05) is 0 Å². The summed E-state index contributed by atoms with van der Waals surface area (Å²) in [6, 6.07) is 2.90. The molecule has 0 aromatic heterocycles. The van der Waals surface area contributed by atoms with E-state index in [2.05, 4.69) is 5.32 Å². The summed E-state index contributed by atoms with van der Waals surface area (Å²) in [6.45, 7) is 2.43. The number of carbonyl (C=O) groups is 1. The molecule has 1 aliphatic rings. The predicted molar refractivity (Wildman–Crippen MR) is 83.9 cm³/mol. The summed E-state index contributed by atoms with van der Waals surface area (Å²) in [6.07, 6.45) is 0.573. The Morgan fingerprint density at radius 1 is 1.39 bits per heavy atom. The SMILES string of the molecule is CCN(C(=O)CCNc1ccc(F)cc1F)C1CCS(=O)(=O)C1. The standard InChI is InChI=1S/C15H20F2N2O3S/c1-2-19(12-6-8-23(21,22)10-12)15(20)5-7-18-14-4-3-11(16)9-13(14)17/h3-4,9,12,18H,2,5-8,10H2,1H3. The molecule has 1 amide bonds. The summed E-state index contributed by atoms with van der Waals surface area (Å²) < 4.78 is 49.3. The molecule has 128 valence electrons. The van der Waals surface area contributed by atoms with Crippen molar-refractivity contribution in [2.24, 2.45) is 0 Å². The largest absolute Gasteiger partial charge is 0.382 e. The van der Waals surface area contributed by atoms with Gasteiger partial charge in [-0.3, -0.25) is 4.79 Å². The fourth-order valence-electron chi connectivity index (χ4n) is 2.74. The first kappa shape index (κ1) is 17.7. The zero-order valence-electron chi connectivity index (χ0n) is 12.9. The molecule has 5 nitrogen and oxygen atoms in total. The maximum atomic E-state index is 13.5. The molecular formula is C15H20F2N2O3S. The van der Waals surface area contributed by atoms with E-state index in [1.54, 1.807) is 11.8 Å². The van der Waals surface area contributed by atoms with E-state index >= 15 is 0 Å². The summed E-state index contributed by atoms with van der Waals surface area (Å²) >= 11 is 0. The van der Waals surface area contributed by atoms with E-state index in [-0.39, 0.29) is 42.1 Å². The van der Waals surface area contributed by atoms with Crippen LogP contribution in [0.15, 0.2) is 18.2 Å². The quantitative estimate of drug-likeness (QED) is 0.853. The third-order valence-corrected chi connectivity index (χ3v) is 5.65. The molecule has 2 rings (SSSR count). The van der Waals surface area contributed by atoms with E-state index in [0.717, 1.165) is 12.1 Å². The van der Waals surface area contributed by atoms with Crippen LogP contribution in [-0.4, -0.2) is 49.9 Å². The van der Waals surface area contributed by atoms with Crippen LogP contribution < -0.4 is 5.32 Å². The number of carbonyl (C=O) groups excluding carboxylic acids is 1. The van der Waals surface area contributed by atoms with Gasteiger partial charge in [-0.2, -0.15) is 0 Å². The van der Waals surface area contributed by atoms with E-state index in [1.165, 1.54) is 6.07 Å². The highest BCUT2D eigenvalue weighted by Gasteiger charge is 2.33. The number of hydrogen-bond acceptors (Lipinski definition) is 4. The number of anilines is 1. The predicted octanol–water partition coefficient (Wildman–Crippen LogP) is 1.80. The average Bonchev–Trinajstić information content (AvgIpc) is 2.82. The summed E-state index contributed by atoms with van der Waals surface area (Å²) in [7, 11) is -3.05. The molecule has 0 radical (unpaired) electrons. The van der Waals surface area contributed by atoms with Gasteiger partial charge < -0.3 is 10.2 Å². The molecule has 1 heterocycles. The molecule has 1 N–H and O–H groups in total. The summed E-state index contributed by atoms with van der Waals surface area (Å²) in [5.74, 6) is -1.44. The first-order valence-corrected chi connectivity index (χ1v) is 9.33. The second-order valence-corrected chi connectivity index (χ2v) is 7.77. The smallest absolute Gasteiger partial charge is 0.224 e. The van der Waals surface area contributed by atoms with Crippen LogP contribution >= 0.6 is 0 Å². The molecular weight excluding hydrogens is 326 g/mol. The van der Waals surface area contributed by atoms with Crippen LogP contribution in [0.2, 0.25) is 0 Å². The maximum absolute atomic E-state index is 13.5. The topological polar surface area (TPSA) is 66.5 Å². The Morgan fingerprint density at radius 2 is 2.13 bits per heavy atom. The third kappa shape index (κ3) is 4.63. The lowest BCUT2D eigenvalue weighted by atomic mass is 10.2. The highest BCUT2D eigenvalue weighted by Crippen LogP contribution is 2.19. The molecule has 1 atom stereocenters. The first-order chi connectivity index (χ1) is 10.8. The molecule has 0 saturated carbocycles. The number of halogens is 2. The fraction of sp³-hybridized carbons (Fsp3) is 0.533. The Labute approximate surface area is 134 Å². The van der Waals surface area contributed by atoms with Crippen LogP contribution in [0.1, 0.15) is 19.8 Å². The number of benzene rings is 1. The number of nitrogens with zero attached hydrogens (tertiary/aromatic N) is 1. The zero-order valence-corrected chi connectivity index (χ0v) is 13.7. The first-order valence-electron chi connectivity index (χ1n) is 7.51. The van der Waals surface area contributed by atoms with Gasteiger partial charge >= 0.3 is 0 Å². The maximum Gasteiger partial charge on any atom is 0.224 e. The van der Waals surface area contributed by atoms with Gasteiger partial charge in [0.15, 0.2) is 9.84 Å². The van der Waals surface area contributed by atoms with Crippen molar-refractivity contribution >= 4 is 21.4 Å². The highest BCUT2D eigenvalue weighted by molar-refractivity contribution is 7.91. The lowest BCUT2D eigenvalue weighted by Gasteiger charge is -2.27. The van der Waals surface area contributed by atoms with Crippen molar-refractivity contribution in [1.82, 2.24) is 4.90 Å². The van der Waals surface area contributed by atoms with Crippen LogP contribution in [0.25, 0.3) is 0 Å². The van der Waals surface area contributed by atoms with Crippen LogP contribution in [0.4, 0.5) is 14.5 Å². The Balaban J connectivity index is 1.88. The van der Waals surface area contributed by atoms with Crippen molar-refractivity contribution < 1.29 is 22.0 Å². The second kappa shape index (κ2) is 7.25. The molecule has 0 spiro atoms. The zero-order chi connectivity index (χ0) is 17.0. The minimum Gasteiger partial charge on any atom is -0.382 e. The Kier molecular flexibility index (Phi) is 5.56. The van der Waals surface area contributed by atoms with Gasteiger partial charge in [0, 0.05) is 31.6 Å². The molecule has 1 aromatic carbocycles. The van der Waals surface area contributed by atoms with E-state index in [1.807, 2.05) is 0 Å². The van der Waals surface area contributed by atoms with Crippen LogP contribution in [0, 0.1) is 11.6 Å². The number of rotatable bonds is 6. The minimum atomic E-state index is -3.05. The molecule has 1 unspecified atom stereocenters. The van der Waals surface area contributed by atoms with Gasteiger partial charge in [-0.05, 0) is 25.5 Å². The lowest BCUT2D eigenvalue weighted by molar-refractivity contribution is -0.132. The molecule has 1 saturated heterocycles. The van der Waals surface area contributed by atoms with E-state index < -0.39 is 21.5 Å². The summed E-state index contributed by atoms with van der Waals surface area (Å²) in [5, 5.41) is 2.75. The van der Waals surface area contributed by atoms with Crippen molar-refractivity contribution in [2.75, 3.05) is 29.9 Å².